The Morgan fingerprint density at radius 3 is 2.52 bits per heavy atom. The Labute approximate surface area is 185 Å². The molecule has 0 amide bonds. The standard InChI is InChI=1S/C24H21ClN4O2/c1-16-6-10-18(11-7-16)22-27-24(26-15-17-8-12-20(25)13-9-17)29(28-22)23(30)19-4-3-5-21(14-19)31-2/h3-14H,15H2,1-2H3,(H,26,27,28). The van der Waals surface area contributed by atoms with Crippen LogP contribution in [0.25, 0.3) is 11.4 Å². The molecular formula is C24H21ClN4O2. The molecule has 0 aliphatic carbocycles. The van der Waals surface area contributed by atoms with Crippen LogP contribution in [0.5, 0.6) is 5.75 Å². The molecule has 3 aromatic carbocycles. The van der Waals surface area contributed by atoms with Gasteiger partial charge in [0.05, 0.1) is 7.11 Å². The van der Waals surface area contributed by atoms with E-state index >= 15 is 0 Å². The first-order valence-corrected chi connectivity index (χ1v) is 10.1. The number of carbonyl (C=O) groups excluding carboxylic acids is 1. The van der Waals surface area contributed by atoms with Crippen LogP contribution in [0, 0.1) is 6.92 Å². The molecule has 1 aromatic heterocycles. The minimum Gasteiger partial charge on any atom is -0.497 e. The number of ether oxygens (including phenoxy) is 1. The molecule has 0 fully saturated rings. The van der Waals surface area contributed by atoms with Crippen LogP contribution in [0.15, 0.2) is 72.8 Å². The van der Waals surface area contributed by atoms with E-state index in [-0.39, 0.29) is 5.91 Å². The number of anilines is 1. The molecule has 4 aromatic rings. The Balaban J connectivity index is 1.69. The van der Waals surface area contributed by atoms with Crippen molar-refractivity contribution in [3.8, 4) is 17.1 Å². The highest BCUT2D eigenvalue weighted by atomic mass is 35.5. The number of nitrogens with zero attached hydrogens (tertiary/aromatic N) is 3. The smallest absolute Gasteiger partial charge is 0.281 e. The van der Waals surface area contributed by atoms with Gasteiger partial charge in [-0.15, -0.1) is 5.10 Å². The van der Waals surface area contributed by atoms with Crippen LogP contribution >= 0.6 is 11.6 Å². The van der Waals surface area contributed by atoms with Gasteiger partial charge in [0.2, 0.25) is 5.95 Å². The fraction of sp³-hybridized carbons (Fsp3) is 0.125. The Hall–Kier alpha value is -3.64. The van der Waals surface area contributed by atoms with Gasteiger partial charge in [-0.1, -0.05) is 59.6 Å². The monoisotopic (exact) mass is 432 g/mol. The highest BCUT2D eigenvalue weighted by Crippen LogP contribution is 2.21. The van der Waals surface area contributed by atoms with E-state index in [9.17, 15) is 4.79 Å². The molecule has 0 atom stereocenters. The normalized spacial score (nSPS) is 10.7. The minimum absolute atomic E-state index is 0.302. The number of halogens is 1. The fourth-order valence-electron chi connectivity index (χ4n) is 3.05. The summed E-state index contributed by atoms with van der Waals surface area (Å²) in [6, 6.07) is 22.3. The minimum atomic E-state index is -0.302. The van der Waals surface area contributed by atoms with Crippen molar-refractivity contribution >= 4 is 23.5 Å². The second kappa shape index (κ2) is 9.02. The third-order valence-corrected chi connectivity index (χ3v) is 5.04. The third kappa shape index (κ3) is 4.75. The summed E-state index contributed by atoms with van der Waals surface area (Å²) in [7, 11) is 1.56. The van der Waals surface area contributed by atoms with Crippen LogP contribution in [-0.2, 0) is 6.54 Å². The molecule has 1 N–H and O–H groups in total. The molecule has 0 unspecified atom stereocenters. The summed E-state index contributed by atoms with van der Waals surface area (Å²) in [4.78, 5) is 17.8. The summed E-state index contributed by atoms with van der Waals surface area (Å²) in [5.41, 5.74) is 3.42. The van der Waals surface area contributed by atoms with Crippen LogP contribution in [-0.4, -0.2) is 27.8 Å². The number of rotatable bonds is 6. The summed E-state index contributed by atoms with van der Waals surface area (Å²) in [5, 5.41) is 8.39. The van der Waals surface area contributed by atoms with Crippen LogP contribution in [0.3, 0.4) is 0 Å². The first-order valence-electron chi connectivity index (χ1n) is 9.74. The molecule has 156 valence electrons. The summed E-state index contributed by atoms with van der Waals surface area (Å²) in [5.74, 6) is 1.12. The lowest BCUT2D eigenvalue weighted by Crippen LogP contribution is -2.17. The Morgan fingerprint density at radius 1 is 1.06 bits per heavy atom. The molecule has 0 radical (unpaired) electrons. The molecule has 0 saturated heterocycles. The van der Waals surface area contributed by atoms with E-state index in [1.807, 2.05) is 55.5 Å². The number of aryl methyl sites for hydroxylation is 1. The Bertz CT molecular complexity index is 1200. The Kier molecular flexibility index (Phi) is 6.00. The van der Waals surface area contributed by atoms with Gasteiger partial charge in [-0.3, -0.25) is 4.79 Å². The van der Waals surface area contributed by atoms with Gasteiger partial charge in [0.25, 0.3) is 5.91 Å². The van der Waals surface area contributed by atoms with Gasteiger partial charge in [0.15, 0.2) is 5.82 Å². The van der Waals surface area contributed by atoms with E-state index in [4.69, 9.17) is 16.3 Å². The van der Waals surface area contributed by atoms with E-state index in [0.29, 0.717) is 34.7 Å². The zero-order valence-electron chi connectivity index (χ0n) is 17.2. The molecule has 7 heteroatoms. The molecule has 4 rings (SSSR count). The highest BCUT2D eigenvalue weighted by molar-refractivity contribution is 6.30. The van der Waals surface area contributed by atoms with E-state index in [1.165, 1.54) is 4.68 Å². The molecule has 0 spiro atoms. The lowest BCUT2D eigenvalue weighted by atomic mass is 10.1. The molecule has 0 bridgehead atoms. The van der Waals surface area contributed by atoms with Gasteiger partial charge in [-0.25, -0.2) is 0 Å². The largest absolute Gasteiger partial charge is 0.497 e. The van der Waals surface area contributed by atoms with Crippen LogP contribution < -0.4 is 10.1 Å². The summed E-state index contributed by atoms with van der Waals surface area (Å²) in [6.07, 6.45) is 0. The van der Waals surface area contributed by atoms with Crippen molar-refractivity contribution in [1.29, 1.82) is 0 Å². The average Bonchev–Trinajstić information content (AvgIpc) is 3.23. The zero-order valence-corrected chi connectivity index (χ0v) is 17.9. The maximum Gasteiger partial charge on any atom is 0.281 e. The molecule has 1 heterocycles. The van der Waals surface area contributed by atoms with Gasteiger partial charge < -0.3 is 10.1 Å². The molecule has 0 saturated carbocycles. The number of hydrogen-bond acceptors (Lipinski definition) is 5. The number of hydrogen-bond donors (Lipinski definition) is 1. The highest BCUT2D eigenvalue weighted by Gasteiger charge is 2.19. The van der Waals surface area contributed by atoms with Crippen molar-refractivity contribution in [3.05, 3.63) is 94.5 Å². The van der Waals surface area contributed by atoms with Crippen LogP contribution in [0.4, 0.5) is 5.95 Å². The molecule has 31 heavy (non-hydrogen) atoms. The SMILES string of the molecule is COc1cccc(C(=O)n2nc(-c3ccc(C)cc3)nc2NCc2ccc(Cl)cc2)c1. The van der Waals surface area contributed by atoms with Crippen molar-refractivity contribution in [2.75, 3.05) is 12.4 Å². The van der Waals surface area contributed by atoms with Gasteiger partial charge >= 0.3 is 0 Å². The van der Waals surface area contributed by atoms with Gasteiger partial charge in [-0.05, 0) is 42.8 Å². The summed E-state index contributed by atoms with van der Waals surface area (Å²) < 4.78 is 6.54. The van der Waals surface area contributed by atoms with Crippen LogP contribution in [0.1, 0.15) is 21.5 Å². The van der Waals surface area contributed by atoms with Crippen molar-refractivity contribution in [1.82, 2.24) is 14.8 Å². The second-order valence-corrected chi connectivity index (χ2v) is 7.49. The van der Waals surface area contributed by atoms with Crippen molar-refractivity contribution < 1.29 is 9.53 Å². The van der Waals surface area contributed by atoms with Gasteiger partial charge in [-0.2, -0.15) is 9.67 Å². The van der Waals surface area contributed by atoms with E-state index in [0.717, 1.165) is 16.7 Å². The maximum absolute atomic E-state index is 13.2. The number of nitrogens with one attached hydrogen (secondary N) is 1. The molecule has 0 aliphatic heterocycles. The van der Waals surface area contributed by atoms with Gasteiger partial charge in [0.1, 0.15) is 5.75 Å². The average molecular weight is 433 g/mol. The molecular weight excluding hydrogens is 412 g/mol. The van der Waals surface area contributed by atoms with Crippen molar-refractivity contribution in [2.45, 2.75) is 13.5 Å². The fourth-order valence-corrected chi connectivity index (χ4v) is 3.18. The van der Waals surface area contributed by atoms with E-state index in [1.54, 1.807) is 31.4 Å². The predicted molar refractivity (Wildman–Crippen MR) is 122 cm³/mol. The number of benzene rings is 3. The molecule has 6 nitrogen and oxygen atoms in total. The van der Waals surface area contributed by atoms with Crippen molar-refractivity contribution in [2.24, 2.45) is 0 Å². The first-order chi connectivity index (χ1) is 15.0. The summed E-state index contributed by atoms with van der Waals surface area (Å²) >= 11 is 5.97. The lowest BCUT2D eigenvalue weighted by Gasteiger charge is -2.08. The predicted octanol–water partition coefficient (Wildman–Crippen LogP) is 5.22. The number of aromatic nitrogens is 3. The van der Waals surface area contributed by atoms with E-state index in [2.05, 4.69) is 15.4 Å². The second-order valence-electron chi connectivity index (χ2n) is 7.05. The number of methoxy groups -OCH3 is 1. The van der Waals surface area contributed by atoms with Crippen LogP contribution in [0.2, 0.25) is 5.02 Å². The van der Waals surface area contributed by atoms with Crippen molar-refractivity contribution in [3.63, 3.8) is 0 Å². The lowest BCUT2D eigenvalue weighted by molar-refractivity contribution is 0.0947. The maximum atomic E-state index is 13.2. The van der Waals surface area contributed by atoms with Gasteiger partial charge in [0, 0.05) is 22.7 Å². The first kappa shape index (κ1) is 20.6. The summed E-state index contributed by atoms with van der Waals surface area (Å²) in [6.45, 7) is 2.48. The van der Waals surface area contributed by atoms with E-state index < -0.39 is 0 Å². The topological polar surface area (TPSA) is 69.0 Å². The quantitative estimate of drug-likeness (QED) is 0.452. The Morgan fingerprint density at radius 2 is 1.81 bits per heavy atom. The number of carbonyl (C=O) groups is 1. The zero-order chi connectivity index (χ0) is 21.8. The third-order valence-electron chi connectivity index (χ3n) is 4.79. The molecule has 0 aliphatic rings.